The molecule has 0 atom stereocenters. The van der Waals surface area contributed by atoms with Gasteiger partial charge in [0.1, 0.15) is 0 Å². The molecule has 4 nitrogen and oxygen atoms in total. The molecule has 0 aliphatic heterocycles. The third kappa shape index (κ3) is 3.42. The molecule has 11 heavy (non-hydrogen) atoms. The van der Waals surface area contributed by atoms with Gasteiger partial charge in [0.15, 0.2) is 0 Å². The molecule has 0 amide bonds. The number of nitrogens with zero attached hydrogens (tertiary/aromatic N) is 3. The molecule has 0 radical (unpaired) electrons. The number of rotatable bonds is 2. The van der Waals surface area contributed by atoms with E-state index >= 15 is 0 Å². The molecule has 0 heterocycles. The Morgan fingerprint density at radius 3 is 1.64 bits per heavy atom. The summed E-state index contributed by atoms with van der Waals surface area (Å²) in [5, 5.41) is 24.9. The maximum Gasteiger partial charge on any atom is 1.00 e. The van der Waals surface area contributed by atoms with E-state index < -0.39 is 6.35 Å². The second kappa shape index (κ2) is 6.22. The van der Waals surface area contributed by atoms with E-state index in [9.17, 15) is 0 Å². The van der Waals surface area contributed by atoms with Crippen molar-refractivity contribution in [1.29, 1.82) is 15.8 Å². The van der Waals surface area contributed by atoms with Gasteiger partial charge in [0.2, 0.25) is 0 Å². The van der Waals surface area contributed by atoms with Crippen LogP contribution in [0, 0.1) is 33.7 Å². The molecular formula is C5H5BN3NaO. The minimum absolute atomic E-state index is 0. The SMILES string of the molecule is CCO[B-](C#N)(C#N)C#N.[Na+]. The van der Waals surface area contributed by atoms with Crippen LogP contribution < -0.4 is 29.6 Å². The van der Waals surface area contributed by atoms with Gasteiger partial charge in [0, 0.05) is 0 Å². The van der Waals surface area contributed by atoms with Crippen LogP contribution in [0.5, 0.6) is 0 Å². The first-order valence-electron chi connectivity index (χ1n) is 2.77. The summed E-state index contributed by atoms with van der Waals surface area (Å²) in [6, 6.07) is 0. The van der Waals surface area contributed by atoms with Crippen molar-refractivity contribution < 1.29 is 34.2 Å². The topological polar surface area (TPSA) is 80.6 Å². The van der Waals surface area contributed by atoms with Crippen LogP contribution in [0.15, 0.2) is 0 Å². The van der Waals surface area contributed by atoms with E-state index in [-0.39, 0.29) is 36.2 Å². The van der Waals surface area contributed by atoms with Crippen LogP contribution in [0.3, 0.4) is 0 Å². The quantitative estimate of drug-likeness (QED) is 0.404. The van der Waals surface area contributed by atoms with Crippen molar-refractivity contribution in [2.75, 3.05) is 6.61 Å². The maximum absolute atomic E-state index is 8.32. The molecule has 50 valence electrons. The van der Waals surface area contributed by atoms with Crippen LogP contribution in [-0.2, 0) is 4.65 Å². The first kappa shape index (κ1) is 13.1. The van der Waals surface area contributed by atoms with Gasteiger partial charge < -0.3 is 4.65 Å². The van der Waals surface area contributed by atoms with Gasteiger partial charge in [-0.05, 0) is 13.5 Å². The Kier molecular flexibility index (Phi) is 7.41. The number of nitriles is 3. The molecule has 0 spiro atoms. The Morgan fingerprint density at radius 1 is 1.18 bits per heavy atom. The number of hydrogen-bond acceptors (Lipinski definition) is 4. The average molecular weight is 157 g/mol. The van der Waals surface area contributed by atoms with Gasteiger partial charge in [0.05, 0.1) is 0 Å². The molecule has 0 aromatic rings. The predicted molar refractivity (Wildman–Crippen MR) is 34.2 cm³/mol. The maximum atomic E-state index is 8.32. The van der Waals surface area contributed by atoms with Gasteiger partial charge in [-0.25, -0.2) is 15.8 Å². The standard InChI is InChI=1S/C5H5BN3O.Na/c1-2-10-6(3-7,4-8)5-9;/h2H2,1H3;/q-1;+1. The van der Waals surface area contributed by atoms with Crippen molar-refractivity contribution in [3.05, 3.63) is 0 Å². The third-order valence-corrected chi connectivity index (χ3v) is 0.962. The van der Waals surface area contributed by atoms with E-state index in [1.165, 1.54) is 17.9 Å². The molecule has 0 aromatic carbocycles. The Bertz CT molecular complexity index is 200. The third-order valence-electron chi connectivity index (χ3n) is 0.962. The number of hydrogen-bond donors (Lipinski definition) is 0. The molecule has 0 rings (SSSR count). The van der Waals surface area contributed by atoms with Gasteiger partial charge in [0.25, 0.3) is 0 Å². The molecule has 0 saturated carbocycles. The molecule has 0 fully saturated rings. The van der Waals surface area contributed by atoms with E-state index in [0.717, 1.165) is 0 Å². The van der Waals surface area contributed by atoms with Crippen LogP contribution in [0.4, 0.5) is 0 Å². The second-order valence-corrected chi connectivity index (χ2v) is 1.63. The first-order chi connectivity index (χ1) is 4.74. The molecule has 0 saturated heterocycles. The van der Waals surface area contributed by atoms with E-state index in [0.29, 0.717) is 0 Å². The van der Waals surface area contributed by atoms with Crippen LogP contribution >= 0.6 is 0 Å². The van der Waals surface area contributed by atoms with E-state index in [1.54, 1.807) is 6.92 Å². The van der Waals surface area contributed by atoms with Crippen molar-refractivity contribution >= 4 is 6.35 Å². The summed E-state index contributed by atoms with van der Waals surface area (Å²) in [4.78, 5) is 0. The summed E-state index contributed by atoms with van der Waals surface area (Å²) in [5.74, 6) is 4.60. The minimum atomic E-state index is -2.53. The molecule has 0 aliphatic carbocycles. The van der Waals surface area contributed by atoms with Crippen molar-refractivity contribution in [2.24, 2.45) is 0 Å². The molecule has 0 aromatic heterocycles. The van der Waals surface area contributed by atoms with Crippen molar-refractivity contribution in [3.63, 3.8) is 0 Å². The summed E-state index contributed by atoms with van der Waals surface area (Å²) >= 11 is 0. The zero-order chi connectivity index (χ0) is 8.04. The second-order valence-electron chi connectivity index (χ2n) is 1.63. The first-order valence-corrected chi connectivity index (χ1v) is 2.77. The largest absolute Gasteiger partial charge is 1.00 e. The zero-order valence-electron chi connectivity index (χ0n) is 6.53. The summed E-state index contributed by atoms with van der Waals surface area (Å²) in [6.45, 7) is 1.83. The van der Waals surface area contributed by atoms with Gasteiger partial charge in [-0.2, -0.15) is 0 Å². The fourth-order valence-corrected chi connectivity index (χ4v) is 0.448. The van der Waals surface area contributed by atoms with Crippen molar-refractivity contribution in [1.82, 2.24) is 0 Å². The predicted octanol–water partition coefficient (Wildman–Crippen LogP) is -2.84. The van der Waals surface area contributed by atoms with Gasteiger partial charge in [-0.15, -0.1) is 0 Å². The Balaban J connectivity index is 0. The van der Waals surface area contributed by atoms with Crippen LogP contribution in [0.2, 0.25) is 0 Å². The van der Waals surface area contributed by atoms with Crippen molar-refractivity contribution in [2.45, 2.75) is 6.92 Å². The Morgan fingerprint density at radius 2 is 1.55 bits per heavy atom. The van der Waals surface area contributed by atoms with Gasteiger partial charge >= 0.3 is 35.9 Å². The monoisotopic (exact) mass is 157 g/mol. The normalized spacial score (nSPS) is 8.18. The Hall–Kier alpha value is -0.505. The van der Waals surface area contributed by atoms with E-state index in [1.807, 2.05) is 0 Å². The van der Waals surface area contributed by atoms with E-state index in [2.05, 4.69) is 4.65 Å². The summed E-state index contributed by atoms with van der Waals surface area (Å²) in [5.41, 5.74) is 0. The summed E-state index contributed by atoms with van der Waals surface area (Å²) in [7, 11) is 0. The van der Waals surface area contributed by atoms with Crippen LogP contribution in [-0.4, -0.2) is 13.0 Å². The molecule has 6 heteroatoms. The molecular weight excluding hydrogens is 152 g/mol. The van der Waals surface area contributed by atoms with Crippen LogP contribution in [0.1, 0.15) is 6.92 Å². The molecule has 0 aliphatic rings. The van der Waals surface area contributed by atoms with Gasteiger partial charge in [-0.3, -0.25) is 0 Å². The fraction of sp³-hybridized carbons (Fsp3) is 0.400. The molecule has 0 N–H and O–H groups in total. The summed E-state index contributed by atoms with van der Waals surface area (Å²) in [6.07, 6.45) is -2.53. The summed E-state index contributed by atoms with van der Waals surface area (Å²) < 4.78 is 4.66. The molecule has 0 unspecified atom stereocenters. The Labute approximate surface area is 87.6 Å². The van der Waals surface area contributed by atoms with Gasteiger partial charge in [-0.1, -0.05) is 17.9 Å². The minimum Gasteiger partial charge on any atom is -0.557 e. The van der Waals surface area contributed by atoms with Crippen molar-refractivity contribution in [3.8, 4) is 17.9 Å². The average Bonchev–Trinajstić information content (AvgIpc) is 2.01. The zero-order valence-corrected chi connectivity index (χ0v) is 8.53. The smallest absolute Gasteiger partial charge is 0.557 e. The van der Waals surface area contributed by atoms with Crippen LogP contribution in [0.25, 0.3) is 0 Å². The molecule has 0 bridgehead atoms. The van der Waals surface area contributed by atoms with E-state index in [4.69, 9.17) is 15.8 Å². The fourth-order valence-electron chi connectivity index (χ4n) is 0.448.